The molecule has 19 heavy (non-hydrogen) atoms. The fourth-order valence-electron chi connectivity index (χ4n) is 1.69. The van der Waals surface area contributed by atoms with Gasteiger partial charge < -0.3 is 0 Å². The smallest absolute Gasteiger partial charge is 0.102 e. The van der Waals surface area contributed by atoms with Gasteiger partial charge in [0.15, 0.2) is 0 Å². The predicted octanol–water partition coefficient (Wildman–Crippen LogP) is 2.67. The third kappa shape index (κ3) is 2.14. The van der Waals surface area contributed by atoms with Gasteiger partial charge in [-0.05, 0) is 24.5 Å². The maximum absolute atomic E-state index is 9.27. The number of aryl methyl sites for hydroxylation is 1. The summed E-state index contributed by atoms with van der Waals surface area (Å²) in [5.41, 5.74) is 0.992. The lowest BCUT2D eigenvalue weighted by atomic mass is 9.96. The minimum Gasteiger partial charge on any atom is -0.256 e. The number of nitrogens with zero attached hydrogens (tertiary/aromatic N) is 4. The van der Waals surface area contributed by atoms with E-state index in [0.717, 1.165) is 0 Å². The minimum absolute atomic E-state index is 0.0100. The first-order valence-electron chi connectivity index (χ1n) is 6.76. The number of benzene rings is 1. The third-order valence-electron chi connectivity index (χ3n) is 2.59. The van der Waals surface area contributed by atoms with Crippen LogP contribution in [0.5, 0.6) is 0 Å². The van der Waals surface area contributed by atoms with Crippen LogP contribution in [-0.2, 0) is 0 Å². The molecule has 0 unspecified atom stereocenters. The maximum Gasteiger partial charge on any atom is 0.102 e. The molecule has 0 radical (unpaired) electrons. The minimum atomic E-state index is -2.26. The molecule has 0 fully saturated rings. The van der Waals surface area contributed by atoms with Gasteiger partial charge in [0.2, 0.25) is 0 Å². The molecule has 0 N–H and O–H groups in total. The molecule has 4 heteroatoms. The zero-order valence-electron chi connectivity index (χ0n) is 12.7. The molecule has 2 aromatic rings. The van der Waals surface area contributed by atoms with Crippen molar-refractivity contribution in [3.63, 3.8) is 0 Å². The van der Waals surface area contributed by atoms with E-state index in [0.29, 0.717) is 11.3 Å². The first-order chi connectivity index (χ1) is 10.4. The maximum atomic E-state index is 9.27. The van der Waals surface area contributed by atoms with E-state index in [1.807, 2.05) is 18.2 Å². The van der Waals surface area contributed by atoms with Crippen LogP contribution in [0.15, 0.2) is 30.5 Å². The van der Waals surface area contributed by atoms with Crippen LogP contribution in [0.25, 0.3) is 11.3 Å². The van der Waals surface area contributed by atoms with Gasteiger partial charge in [-0.1, -0.05) is 12.1 Å². The van der Waals surface area contributed by atoms with Gasteiger partial charge in [0.05, 0.1) is 22.4 Å². The topological polar surface area (TPSA) is 84.3 Å². The van der Waals surface area contributed by atoms with Gasteiger partial charge in [0.25, 0.3) is 0 Å². The Morgan fingerprint density at radius 2 is 1.79 bits per heavy atom. The number of nitriles is 3. The molecule has 0 atom stereocenters. The van der Waals surface area contributed by atoms with Gasteiger partial charge in [-0.3, -0.25) is 4.98 Å². The largest absolute Gasteiger partial charge is 0.256 e. The average molecular weight is 247 g/mol. The third-order valence-corrected chi connectivity index (χ3v) is 2.59. The van der Waals surface area contributed by atoms with Crippen LogP contribution in [0, 0.1) is 40.8 Å². The normalized spacial score (nSPS) is 12.2. The lowest BCUT2D eigenvalue weighted by Crippen LogP contribution is -1.95. The molecule has 4 nitrogen and oxygen atoms in total. The van der Waals surface area contributed by atoms with E-state index in [1.165, 1.54) is 30.5 Å². The summed E-state index contributed by atoms with van der Waals surface area (Å²) in [6.45, 7) is -2.26. The molecule has 0 bridgehead atoms. The lowest BCUT2D eigenvalue weighted by Gasteiger charge is -2.06. The molecule has 0 aliphatic heterocycles. The molecule has 2 rings (SSSR count). The number of rotatable bonds is 1. The van der Waals surface area contributed by atoms with Crippen LogP contribution in [-0.4, -0.2) is 4.98 Å². The fraction of sp³-hybridized carbons (Fsp3) is 0.0667. The van der Waals surface area contributed by atoms with E-state index in [4.69, 9.17) is 14.6 Å². The Morgan fingerprint density at radius 3 is 2.32 bits per heavy atom. The number of hydrogen-bond acceptors (Lipinski definition) is 4. The van der Waals surface area contributed by atoms with Crippen molar-refractivity contribution in [1.29, 1.82) is 15.8 Å². The second-order valence-corrected chi connectivity index (χ2v) is 3.68. The van der Waals surface area contributed by atoms with Crippen molar-refractivity contribution in [2.24, 2.45) is 0 Å². The van der Waals surface area contributed by atoms with Crippen molar-refractivity contribution < 1.29 is 4.11 Å². The summed E-state index contributed by atoms with van der Waals surface area (Å²) in [7, 11) is 0. The van der Waals surface area contributed by atoms with E-state index in [-0.39, 0.29) is 22.3 Å². The molecule has 1 heterocycles. The van der Waals surface area contributed by atoms with Crippen LogP contribution in [0.4, 0.5) is 0 Å². The highest BCUT2D eigenvalue weighted by Crippen LogP contribution is 2.26. The molecule has 0 aliphatic carbocycles. The summed E-state index contributed by atoms with van der Waals surface area (Å²) in [4.78, 5) is 4.05. The molecule has 1 aromatic carbocycles. The van der Waals surface area contributed by atoms with Gasteiger partial charge in [-0.2, -0.15) is 15.8 Å². The molecule has 0 saturated heterocycles. The Labute approximate surface area is 115 Å². The van der Waals surface area contributed by atoms with E-state index in [1.54, 1.807) is 0 Å². The van der Waals surface area contributed by atoms with Crippen molar-refractivity contribution in [2.45, 2.75) is 6.85 Å². The molecule has 1 aromatic heterocycles. The number of hydrogen-bond donors (Lipinski definition) is 0. The fourth-order valence-corrected chi connectivity index (χ4v) is 1.69. The van der Waals surface area contributed by atoms with E-state index < -0.39 is 6.85 Å². The van der Waals surface area contributed by atoms with Gasteiger partial charge in [0, 0.05) is 15.9 Å². The SMILES string of the molecule is [2H]C([2H])([2H])c1ccc(-c2ccc(C#N)c(C#N)c2C#N)nc1. The van der Waals surface area contributed by atoms with Crippen molar-refractivity contribution in [1.82, 2.24) is 4.98 Å². The zero-order valence-corrected chi connectivity index (χ0v) is 9.68. The van der Waals surface area contributed by atoms with Gasteiger partial charge >= 0.3 is 0 Å². The predicted molar refractivity (Wildman–Crippen MR) is 68.6 cm³/mol. The number of pyridine rings is 1. The second kappa shape index (κ2) is 5.00. The van der Waals surface area contributed by atoms with Crippen LogP contribution >= 0.6 is 0 Å². The van der Waals surface area contributed by atoms with Crippen LogP contribution in [0.1, 0.15) is 26.4 Å². The number of aromatic nitrogens is 1. The van der Waals surface area contributed by atoms with Crippen molar-refractivity contribution in [2.75, 3.05) is 0 Å². The van der Waals surface area contributed by atoms with Gasteiger partial charge in [0.1, 0.15) is 18.2 Å². The Kier molecular flexibility index (Phi) is 2.33. The summed E-state index contributed by atoms with van der Waals surface area (Å²) in [5, 5.41) is 27.4. The molecule has 0 spiro atoms. The zero-order chi connectivity index (χ0) is 16.3. The summed E-state index contributed by atoms with van der Waals surface area (Å²) < 4.78 is 21.9. The summed E-state index contributed by atoms with van der Waals surface area (Å²) in [5.74, 6) is 0. The van der Waals surface area contributed by atoms with Gasteiger partial charge in [-0.15, -0.1) is 0 Å². The molecular weight excluding hydrogens is 236 g/mol. The van der Waals surface area contributed by atoms with Crippen LogP contribution in [0.2, 0.25) is 0 Å². The molecule has 0 aliphatic rings. The first-order valence-corrected chi connectivity index (χ1v) is 5.26. The van der Waals surface area contributed by atoms with Crippen LogP contribution in [0.3, 0.4) is 0 Å². The molecule has 0 saturated carbocycles. The van der Waals surface area contributed by atoms with E-state index in [2.05, 4.69) is 4.98 Å². The highest BCUT2D eigenvalue weighted by atomic mass is 14.7. The van der Waals surface area contributed by atoms with Crippen molar-refractivity contribution >= 4 is 0 Å². The van der Waals surface area contributed by atoms with Crippen molar-refractivity contribution in [3.05, 3.63) is 52.7 Å². The average Bonchev–Trinajstić information content (AvgIpc) is 2.52. The molecule has 88 valence electrons. The monoisotopic (exact) mass is 247 g/mol. The highest BCUT2D eigenvalue weighted by molar-refractivity contribution is 5.73. The Balaban J connectivity index is 2.62. The van der Waals surface area contributed by atoms with E-state index in [9.17, 15) is 5.26 Å². The Hall–Kier alpha value is -3.16. The first kappa shape index (κ1) is 8.86. The Bertz CT molecular complexity index is 847. The second-order valence-electron chi connectivity index (χ2n) is 3.68. The Morgan fingerprint density at radius 1 is 1.00 bits per heavy atom. The summed E-state index contributed by atoms with van der Waals surface area (Å²) >= 11 is 0. The van der Waals surface area contributed by atoms with E-state index >= 15 is 0 Å². The molecule has 0 amide bonds. The summed E-state index contributed by atoms with van der Waals surface area (Å²) in [6.07, 6.45) is 1.22. The lowest BCUT2D eigenvalue weighted by molar-refractivity contribution is 1.26. The standard InChI is InChI=1S/C15H8N4/c1-10-2-5-15(19-9-10)12-4-3-11(6-16)13(7-17)14(12)8-18/h2-5,9H,1H3/i1D3. The molecular formula is C15H8N4. The van der Waals surface area contributed by atoms with Crippen LogP contribution < -0.4 is 0 Å². The van der Waals surface area contributed by atoms with Crippen molar-refractivity contribution in [3.8, 4) is 29.5 Å². The quantitative estimate of drug-likeness (QED) is 0.775. The summed E-state index contributed by atoms with van der Waals surface area (Å²) in [6, 6.07) is 11.5. The van der Waals surface area contributed by atoms with Gasteiger partial charge in [-0.25, -0.2) is 0 Å². The highest BCUT2D eigenvalue weighted by Gasteiger charge is 2.14.